The molecule has 2 heteroatoms. The molecule has 0 aliphatic rings. The second-order valence-electron chi connectivity index (χ2n) is 3.80. The summed E-state index contributed by atoms with van der Waals surface area (Å²) >= 11 is 0. The van der Waals surface area contributed by atoms with Crippen LogP contribution in [0, 0.1) is 11.8 Å². The van der Waals surface area contributed by atoms with E-state index in [0.717, 1.165) is 19.6 Å². The van der Waals surface area contributed by atoms with E-state index in [0.29, 0.717) is 11.8 Å². The summed E-state index contributed by atoms with van der Waals surface area (Å²) in [5.41, 5.74) is 0. The van der Waals surface area contributed by atoms with Gasteiger partial charge >= 0.3 is 0 Å². The zero-order valence-electron chi connectivity index (χ0n) is 9.67. The van der Waals surface area contributed by atoms with Crippen LogP contribution in [0.2, 0.25) is 0 Å². The SMILES string of the molecule is CCOC(CC(C)C(C)C)OCC. The minimum atomic E-state index is -0.00704. The molecule has 0 aromatic carbocycles. The van der Waals surface area contributed by atoms with E-state index >= 15 is 0 Å². The van der Waals surface area contributed by atoms with Crippen LogP contribution in [0.3, 0.4) is 0 Å². The summed E-state index contributed by atoms with van der Waals surface area (Å²) < 4.78 is 11.0. The molecule has 0 heterocycles. The first kappa shape index (κ1) is 12.9. The molecule has 0 N–H and O–H groups in total. The number of rotatable bonds is 7. The van der Waals surface area contributed by atoms with Gasteiger partial charge in [0.15, 0.2) is 6.29 Å². The van der Waals surface area contributed by atoms with E-state index in [4.69, 9.17) is 9.47 Å². The third kappa shape index (κ3) is 6.05. The first-order chi connectivity index (χ1) is 6.11. The van der Waals surface area contributed by atoms with Crippen molar-refractivity contribution in [1.82, 2.24) is 0 Å². The van der Waals surface area contributed by atoms with Crippen LogP contribution in [0.25, 0.3) is 0 Å². The molecule has 0 saturated heterocycles. The Hall–Kier alpha value is -0.0800. The van der Waals surface area contributed by atoms with Gasteiger partial charge in [0.2, 0.25) is 0 Å². The number of hydrogen-bond donors (Lipinski definition) is 0. The third-order valence-electron chi connectivity index (χ3n) is 2.41. The maximum atomic E-state index is 5.48. The van der Waals surface area contributed by atoms with Crippen LogP contribution in [-0.2, 0) is 9.47 Å². The minimum absolute atomic E-state index is 0.00704. The Morgan fingerprint density at radius 2 is 1.38 bits per heavy atom. The highest BCUT2D eigenvalue weighted by molar-refractivity contribution is 4.59. The minimum Gasteiger partial charge on any atom is -0.353 e. The quantitative estimate of drug-likeness (QED) is 0.572. The summed E-state index contributed by atoms with van der Waals surface area (Å²) in [6.45, 7) is 12.2. The van der Waals surface area contributed by atoms with Gasteiger partial charge < -0.3 is 9.47 Å². The molecule has 0 aromatic rings. The lowest BCUT2D eigenvalue weighted by atomic mass is 9.94. The van der Waals surface area contributed by atoms with Gasteiger partial charge in [-0.15, -0.1) is 0 Å². The van der Waals surface area contributed by atoms with E-state index in [2.05, 4.69) is 20.8 Å². The third-order valence-corrected chi connectivity index (χ3v) is 2.41. The predicted molar refractivity (Wildman–Crippen MR) is 55.7 cm³/mol. The first-order valence-electron chi connectivity index (χ1n) is 5.34. The van der Waals surface area contributed by atoms with Crippen LogP contribution in [0.5, 0.6) is 0 Å². The monoisotopic (exact) mass is 188 g/mol. The molecule has 0 aliphatic heterocycles. The lowest BCUT2D eigenvalue weighted by Crippen LogP contribution is -2.22. The second-order valence-corrected chi connectivity index (χ2v) is 3.80. The van der Waals surface area contributed by atoms with Crippen molar-refractivity contribution in [3.63, 3.8) is 0 Å². The van der Waals surface area contributed by atoms with E-state index in [-0.39, 0.29) is 6.29 Å². The van der Waals surface area contributed by atoms with Gasteiger partial charge in [0.25, 0.3) is 0 Å². The molecule has 0 bridgehead atoms. The van der Waals surface area contributed by atoms with Crippen molar-refractivity contribution in [2.24, 2.45) is 11.8 Å². The van der Waals surface area contributed by atoms with Gasteiger partial charge in [0, 0.05) is 19.6 Å². The van der Waals surface area contributed by atoms with Gasteiger partial charge in [-0.2, -0.15) is 0 Å². The Kier molecular flexibility index (Phi) is 7.29. The van der Waals surface area contributed by atoms with Crippen molar-refractivity contribution < 1.29 is 9.47 Å². The molecule has 0 aliphatic carbocycles. The molecular weight excluding hydrogens is 164 g/mol. The van der Waals surface area contributed by atoms with E-state index in [9.17, 15) is 0 Å². The molecule has 80 valence electrons. The zero-order chi connectivity index (χ0) is 10.3. The molecule has 0 spiro atoms. The Morgan fingerprint density at radius 1 is 0.923 bits per heavy atom. The molecule has 1 unspecified atom stereocenters. The molecule has 1 atom stereocenters. The molecule has 0 radical (unpaired) electrons. The fourth-order valence-electron chi connectivity index (χ4n) is 1.13. The largest absolute Gasteiger partial charge is 0.353 e. The molecule has 2 nitrogen and oxygen atoms in total. The maximum absolute atomic E-state index is 5.48. The van der Waals surface area contributed by atoms with Gasteiger partial charge in [-0.05, 0) is 25.7 Å². The van der Waals surface area contributed by atoms with Crippen LogP contribution in [0.1, 0.15) is 41.0 Å². The van der Waals surface area contributed by atoms with Crippen molar-refractivity contribution in [2.75, 3.05) is 13.2 Å². The lowest BCUT2D eigenvalue weighted by Gasteiger charge is -2.22. The predicted octanol–water partition coefficient (Wildman–Crippen LogP) is 3.07. The Balaban J connectivity index is 3.78. The molecule has 0 rings (SSSR count). The highest BCUT2D eigenvalue weighted by Crippen LogP contribution is 2.18. The summed E-state index contributed by atoms with van der Waals surface area (Å²) in [5, 5.41) is 0. The first-order valence-corrected chi connectivity index (χ1v) is 5.34. The van der Waals surface area contributed by atoms with Crippen LogP contribution < -0.4 is 0 Å². The van der Waals surface area contributed by atoms with Gasteiger partial charge in [0.05, 0.1) is 0 Å². The Bertz CT molecular complexity index is 107. The Labute approximate surface area is 82.6 Å². The van der Waals surface area contributed by atoms with Crippen LogP contribution in [-0.4, -0.2) is 19.5 Å². The summed E-state index contributed by atoms with van der Waals surface area (Å²) in [6, 6.07) is 0. The van der Waals surface area contributed by atoms with Crippen molar-refractivity contribution in [3.05, 3.63) is 0 Å². The van der Waals surface area contributed by atoms with Gasteiger partial charge in [-0.25, -0.2) is 0 Å². The Morgan fingerprint density at radius 3 is 1.69 bits per heavy atom. The second kappa shape index (κ2) is 7.34. The summed E-state index contributed by atoms with van der Waals surface area (Å²) in [7, 11) is 0. The van der Waals surface area contributed by atoms with E-state index in [1.165, 1.54) is 0 Å². The number of hydrogen-bond acceptors (Lipinski definition) is 2. The van der Waals surface area contributed by atoms with Crippen molar-refractivity contribution in [1.29, 1.82) is 0 Å². The smallest absolute Gasteiger partial charge is 0.157 e. The standard InChI is InChI=1S/C11H24O2/c1-6-12-11(13-7-2)8-10(5)9(3)4/h9-11H,6-8H2,1-5H3. The van der Waals surface area contributed by atoms with Gasteiger partial charge in [-0.1, -0.05) is 20.8 Å². The van der Waals surface area contributed by atoms with Gasteiger partial charge in [-0.3, -0.25) is 0 Å². The zero-order valence-corrected chi connectivity index (χ0v) is 9.67. The lowest BCUT2D eigenvalue weighted by molar-refractivity contribution is -0.147. The molecule has 0 aromatic heterocycles. The van der Waals surface area contributed by atoms with Crippen molar-refractivity contribution in [2.45, 2.75) is 47.3 Å². The van der Waals surface area contributed by atoms with Crippen LogP contribution >= 0.6 is 0 Å². The molecular formula is C11H24O2. The topological polar surface area (TPSA) is 18.5 Å². The average Bonchev–Trinajstić information content (AvgIpc) is 2.05. The van der Waals surface area contributed by atoms with Crippen molar-refractivity contribution in [3.8, 4) is 0 Å². The van der Waals surface area contributed by atoms with E-state index in [1.54, 1.807) is 0 Å². The van der Waals surface area contributed by atoms with Gasteiger partial charge in [0.1, 0.15) is 0 Å². The molecule has 0 fully saturated rings. The highest BCUT2D eigenvalue weighted by Gasteiger charge is 2.15. The molecule has 0 amide bonds. The normalized spacial score (nSPS) is 14.1. The number of ether oxygens (including phenoxy) is 2. The highest BCUT2D eigenvalue weighted by atomic mass is 16.7. The fourth-order valence-corrected chi connectivity index (χ4v) is 1.13. The molecule has 13 heavy (non-hydrogen) atoms. The van der Waals surface area contributed by atoms with E-state index in [1.807, 2.05) is 13.8 Å². The summed E-state index contributed by atoms with van der Waals surface area (Å²) in [6.07, 6.45) is 0.992. The maximum Gasteiger partial charge on any atom is 0.157 e. The van der Waals surface area contributed by atoms with E-state index < -0.39 is 0 Å². The fraction of sp³-hybridized carbons (Fsp3) is 1.00. The van der Waals surface area contributed by atoms with Crippen LogP contribution in [0.4, 0.5) is 0 Å². The van der Waals surface area contributed by atoms with Crippen molar-refractivity contribution >= 4 is 0 Å². The average molecular weight is 188 g/mol. The summed E-state index contributed by atoms with van der Waals surface area (Å²) in [5.74, 6) is 1.35. The summed E-state index contributed by atoms with van der Waals surface area (Å²) in [4.78, 5) is 0. The molecule has 0 saturated carbocycles. The van der Waals surface area contributed by atoms with Crippen LogP contribution in [0.15, 0.2) is 0 Å².